The largest absolute Gasteiger partial charge is 0.340 e. The first-order chi connectivity index (χ1) is 10.6. The number of anilines is 1. The molecule has 3 heterocycles. The summed E-state index contributed by atoms with van der Waals surface area (Å²) in [6.45, 7) is 3.19. The van der Waals surface area contributed by atoms with Crippen LogP contribution in [0.15, 0.2) is 18.5 Å². The molecule has 22 heavy (non-hydrogen) atoms. The highest BCUT2D eigenvalue weighted by Gasteiger charge is 2.49. The lowest BCUT2D eigenvalue weighted by Crippen LogP contribution is -2.46. The summed E-state index contributed by atoms with van der Waals surface area (Å²) in [6, 6.07) is 1.82. The van der Waals surface area contributed by atoms with Gasteiger partial charge in [0.15, 0.2) is 0 Å². The van der Waals surface area contributed by atoms with Gasteiger partial charge in [-0.1, -0.05) is 0 Å². The Morgan fingerprint density at radius 1 is 1.09 bits per heavy atom. The first-order valence-electron chi connectivity index (χ1n) is 8.10. The lowest BCUT2D eigenvalue weighted by atomic mass is 9.79. The van der Waals surface area contributed by atoms with Crippen LogP contribution >= 0.6 is 0 Å². The monoisotopic (exact) mass is 322 g/mol. The van der Waals surface area contributed by atoms with Crippen LogP contribution in [-0.2, 0) is 10.0 Å². The van der Waals surface area contributed by atoms with Crippen LogP contribution in [0.4, 0.5) is 5.95 Å². The smallest absolute Gasteiger partial charge is 0.225 e. The Kier molecular flexibility index (Phi) is 3.38. The highest BCUT2D eigenvalue weighted by molar-refractivity contribution is 7.90. The van der Waals surface area contributed by atoms with Gasteiger partial charge in [-0.25, -0.2) is 22.7 Å². The SMILES string of the molecule is O=S(=O)(C1CC1)N1CC[C@@]2(CCCN(c3ncccn3)C2)C1. The number of rotatable bonds is 3. The molecule has 1 atom stereocenters. The number of aromatic nitrogens is 2. The highest BCUT2D eigenvalue weighted by Crippen LogP contribution is 2.43. The van der Waals surface area contributed by atoms with Gasteiger partial charge in [0.25, 0.3) is 0 Å². The van der Waals surface area contributed by atoms with Crippen molar-refractivity contribution >= 4 is 16.0 Å². The van der Waals surface area contributed by atoms with Crippen LogP contribution < -0.4 is 4.90 Å². The minimum Gasteiger partial charge on any atom is -0.340 e. The van der Waals surface area contributed by atoms with E-state index in [9.17, 15) is 8.42 Å². The van der Waals surface area contributed by atoms with Crippen molar-refractivity contribution in [2.45, 2.75) is 37.4 Å². The molecule has 1 aromatic rings. The molecule has 3 fully saturated rings. The first kappa shape index (κ1) is 14.4. The van der Waals surface area contributed by atoms with Crippen LogP contribution in [0.2, 0.25) is 0 Å². The van der Waals surface area contributed by atoms with Gasteiger partial charge in [-0.2, -0.15) is 0 Å². The summed E-state index contributed by atoms with van der Waals surface area (Å²) >= 11 is 0. The standard InChI is InChI=1S/C15H22N4O2S/c20-22(21,13-3-4-13)19-10-6-15(12-19)5-1-9-18(11-15)14-16-7-2-8-17-14/h2,7-8,13H,1,3-6,9-12H2/t15-/m1/s1. The third-order valence-electron chi connectivity index (χ3n) is 5.21. The minimum absolute atomic E-state index is 0.0827. The van der Waals surface area contributed by atoms with E-state index in [4.69, 9.17) is 0 Å². The summed E-state index contributed by atoms with van der Waals surface area (Å²) in [5, 5.41) is -0.0974. The third kappa shape index (κ3) is 2.50. The second kappa shape index (κ2) is 5.16. The molecule has 0 aromatic carbocycles. The van der Waals surface area contributed by atoms with E-state index in [-0.39, 0.29) is 10.7 Å². The third-order valence-corrected chi connectivity index (χ3v) is 7.55. The fraction of sp³-hybridized carbons (Fsp3) is 0.733. The number of hydrogen-bond acceptors (Lipinski definition) is 5. The van der Waals surface area contributed by atoms with Crippen molar-refractivity contribution in [2.75, 3.05) is 31.1 Å². The van der Waals surface area contributed by atoms with Crippen LogP contribution in [0.1, 0.15) is 32.1 Å². The minimum atomic E-state index is -3.04. The maximum Gasteiger partial charge on any atom is 0.225 e. The Morgan fingerprint density at radius 2 is 1.86 bits per heavy atom. The van der Waals surface area contributed by atoms with Crippen LogP contribution in [0.5, 0.6) is 0 Å². The molecule has 1 aromatic heterocycles. The molecule has 0 radical (unpaired) electrons. The van der Waals surface area contributed by atoms with Gasteiger partial charge in [0.1, 0.15) is 0 Å². The van der Waals surface area contributed by atoms with E-state index in [2.05, 4.69) is 14.9 Å². The van der Waals surface area contributed by atoms with Crippen molar-refractivity contribution in [3.63, 3.8) is 0 Å². The van der Waals surface area contributed by atoms with Gasteiger partial charge in [0, 0.05) is 44.0 Å². The number of hydrogen-bond donors (Lipinski definition) is 0. The molecule has 4 rings (SSSR count). The highest BCUT2D eigenvalue weighted by atomic mass is 32.2. The Labute approximate surface area is 131 Å². The normalized spacial score (nSPS) is 30.1. The van der Waals surface area contributed by atoms with Gasteiger partial charge in [0.2, 0.25) is 16.0 Å². The van der Waals surface area contributed by atoms with Crippen molar-refractivity contribution in [3.8, 4) is 0 Å². The topological polar surface area (TPSA) is 66.4 Å². The average molecular weight is 322 g/mol. The quantitative estimate of drug-likeness (QED) is 0.838. The first-order valence-corrected chi connectivity index (χ1v) is 9.60. The number of piperidine rings is 1. The molecule has 1 aliphatic carbocycles. The number of nitrogens with zero attached hydrogens (tertiary/aromatic N) is 4. The van der Waals surface area contributed by atoms with Gasteiger partial charge in [0.05, 0.1) is 5.25 Å². The van der Waals surface area contributed by atoms with E-state index in [1.54, 1.807) is 16.7 Å². The van der Waals surface area contributed by atoms with Crippen molar-refractivity contribution in [1.29, 1.82) is 0 Å². The Morgan fingerprint density at radius 3 is 2.59 bits per heavy atom. The van der Waals surface area contributed by atoms with Gasteiger partial charge in [-0.05, 0) is 38.2 Å². The van der Waals surface area contributed by atoms with E-state index >= 15 is 0 Å². The summed E-state index contributed by atoms with van der Waals surface area (Å²) in [7, 11) is -3.04. The van der Waals surface area contributed by atoms with Gasteiger partial charge < -0.3 is 4.90 Å². The zero-order valence-electron chi connectivity index (χ0n) is 12.7. The molecule has 6 nitrogen and oxygen atoms in total. The molecule has 0 N–H and O–H groups in total. The van der Waals surface area contributed by atoms with Crippen molar-refractivity contribution < 1.29 is 8.42 Å². The van der Waals surface area contributed by atoms with Crippen molar-refractivity contribution in [2.24, 2.45) is 5.41 Å². The summed E-state index contributed by atoms with van der Waals surface area (Å²) in [6.07, 6.45) is 8.36. The average Bonchev–Trinajstić information content (AvgIpc) is 3.32. The Bertz CT molecular complexity index is 647. The Balaban J connectivity index is 1.50. The molecule has 2 saturated heterocycles. The fourth-order valence-corrected chi connectivity index (χ4v) is 5.81. The molecule has 120 valence electrons. The molecule has 7 heteroatoms. The summed E-state index contributed by atoms with van der Waals surface area (Å²) < 4.78 is 26.7. The summed E-state index contributed by atoms with van der Waals surface area (Å²) in [5.74, 6) is 0.769. The van der Waals surface area contributed by atoms with Crippen LogP contribution in [0, 0.1) is 5.41 Å². The lowest BCUT2D eigenvalue weighted by molar-refractivity contribution is 0.246. The van der Waals surface area contributed by atoms with E-state index in [0.29, 0.717) is 13.1 Å². The second-order valence-electron chi connectivity index (χ2n) is 6.90. The number of sulfonamides is 1. The molecule has 0 bridgehead atoms. The molecule has 1 saturated carbocycles. The second-order valence-corrected chi connectivity index (χ2v) is 9.11. The van der Waals surface area contributed by atoms with Gasteiger partial charge >= 0.3 is 0 Å². The van der Waals surface area contributed by atoms with E-state index in [1.807, 2.05) is 6.07 Å². The molecular weight excluding hydrogens is 300 g/mol. The van der Waals surface area contributed by atoms with Crippen molar-refractivity contribution in [1.82, 2.24) is 14.3 Å². The fourth-order valence-electron chi connectivity index (χ4n) is 3.85. The van der Waals surface area contributed by atoms with E-state index in [0.717, 1.165) is 51.1 Å². The molecular formula is C15H22N4O2S. The van der Waals surface area contributed by atoms with Gasteiger partial charge in [-0.15, -0.1) is 0 Å². The summed E-state index contributed by atoms with van der Waals surface area (Å²) in [5.41, 5.74) is 0.0827. The van der Waals surface area contributed by atoms with E-state index < -0.39 is 10.0 Å². The van der Waals surface area contributed by atoms with Crippen molar-refractivity contribution in [3.05, 3.63) is 18.5 Å². The predicted octanol–water partition coefficient (Wildman–Crippen LogP) is 1.26. The molecule has 0 amide bonds. The maximum atomic E-state index is 12.5. The van der Waals surface area contributed by atoms with Crippen LogP contribution in [-0.4, -0.2) is 54.1 Å². The predicted molar refractivity (Wildman–Crippen MR) is 84.0 cm³/mol. The zero-order valence-corrected chi connectivity index (χ0v) is 13.5. The van der Waals surface area contributed by atoms with Crippen LogP contribution in [0.3, 0.4) is 0 Å². The van der Waals surface area contributed by atoms with E-state index in [1.165, 1.54) is 0 Å². The zero-order chi connectivity index (χ0) is 15.2. The molecule has 3 aliphatic rings. The van der Waals surface area contributed by atoms with Crippen LogP contribution in [0.25, 0.3) is 0 Å². The molecule has 2 aliphatic heterocycles. The molecule has 1 spiro atoms. The Hall–Kier alpha value is -1.21. The summed E-state index contributed by atoms with van der Waals surface area (Å²) in [4.78, 5) is 10.9. The maximum absolute atomic E-state index is 12.5. The van der Waals surface area contributed by atoms with Gasteiger partial charge in [-0.3, -0.25) is 0 Å². The lowest BCUT2D eigenvalue weighted by Gasteiger charge is -2.40. The molecule has 0 unspecified atom stereocenters.